The van der Waals surface area contributed by atoms with E-state index < -0.39 is 0 Å². The van der Waals surface area contributed by atoms with Crippen LogP contribution in [-0.4, -0.2) is 36.0 Å². The summed E-state index contributed by atoms with van der Waals surface area (Å²) in [5.74, 6) is -0.182. The van der Waals surface area contributed by atoms with Gasteiger partial charge in [0.05, 0.1) is 19.8 Å². The molecule has 0 aromatic heterocycles. The van der Waals surface area contributed by atoms with Crippen molar-refractivity contribution in [3.05, 3.63) is 13.2 Å². The lowest BCUT2D eigenvalue weighted by molar-refractivity contribution is -0.141. The van der Waals surface area contributed by atoms with Gasteiger partial charge < -0.3 is 14.9 Å². The number of carbonyl (C=O) groups excluding carboxylic acids is 1. The first-order valence-corrected chi connectivity index (χ1v) is 4.54. The number of hydrogen-bond acceptors (Lipinski definition) is 4. The molecular weight excluding hydrogens is 184 g/mol. The van der Waals surface area contributed by atoms with E-state index in [1.807, 2.05) is 0 Å². The SMILES string of the molecule is C=C.CCCCOC(C)=O.OCCO. The molecule has 0 rings (SSSR count). The fourth-order valence-electron chi connectivity index (χ4n) is 0.360. The van der Waals surface area contributed by atoms with Crippen LogP contribution in [0.4, 0.5) is 0 Å². The summed E-state index contributed by atoms with van der Waals surface area (Å²) in [6.07, 6.45) is 2.05. The van der Waals surface area contributed by atoms with Gasteiger partial charge in [0.15, 0.2) is 0 Å². The highest BCUT2D eigenvalue weighted by Gasteiger charge is 1.88. The Hall–Kier alpha value is -0.870. The standard InChI is InChI=1S/C6H12O2.C2H6O2.C2H4/c1-3-4-5-8-6(2)7;3-1-2-4;1-2/h3-5H2,1-2H3;3-4H,1-2H2;1-2H2. The van der Waals surface area contributed by atoms with Gasteiger partial charge in [0.25, 0.3) is 0 Å². The molecule has 4 nitrogen and oxygen atoms in total. The number of rotatable bonds is 4. The summed E-state index contributed by atoms with van der Waals surface area (Å²) in [5.41, 5.74) is 0. The Labute approximate surface area is 86.2 Å². The van der Waals surface area contributed by atoms with Crippen LogP contribution in [-0.2, 0) is 9.53 Å². The van der Waals surface area contributed by atoms with Gasteiger partial charge >= 0.3 is 5.97 Å². The first-order chi connectivity index (χ1) is 6.68. The number of aliphatic hydroxyl groups excluding tert-OH is 2. The highest BCUT2D eigenvalue weighted by molar-refractivity contribution is 5.65. The Balaban J connectivity index is -0.000000170. The molecule has 0 unspecified atom stereocenters. The Kier molecular flexibility index (Phi) is 30.6. The summed E-state index contributed by atoms with van der Waals surface area (Å²) in [4.78, 5) is 10.1. The second-order valence-electron chi connectivity index (χ2n) is 2.14. The van der Waals surface area contributed by atoms with Crippen LogP contribution in [0.1, 0.15) is 26.7 Å². The van der Waals surface area contributed by atoms with Crippen molar-refractivity contribution >= 4 is 5.97 Å². The van der Waals surface area contributed by atoms with Crippen molar-refractivity contribution in [3.63, 3.8) is 0 Å². The van der Waals surface area contributed by atoms with Gasteiger partial charge in [-0.3, -0.25) is 4.79 Å². The van der Waals surface area contributed by atoms with Crippen LogP contribution in [0.15, 0.2) is 13.2 Å². The van der Waals surface area contributed by atoms with Gasteiger partial charge in [0.1, 0.15) is 0 Å². The van der Waals surface area contributed by atoms with Gasteiger partial charge in [-0.05, 0) is 6.42 Å². The van der Waals surface area contributed by atoms with Gasteiger partial charge in [0, 0.05) is 6.92 Å². The molecule has 14 heavy (non-hydrogen) atoms. The van der Waals surface area contributed by atoms with Crippen LogP contribution in [0.25, 0.3) is 0 Å². The predicted molar refractivity (Wildman–Crippen MR) is 57.0 cm³/mol. The largest absolute Gasteiger partial charge is 0.466 e. The van der Waals surface area contributed by atoms with Crippen LogP contribution >= 0.6 is 0 Å². The summed E-state index contributed by atoms with van der Waals surface area (Å²) >= 11 is 0. The van der Waals surface area contributed by atoms with Crippen molar-refractivity contribution in [1.82, 2.24) is 0 Å². The van der Waals surface area contributed by atoms with Crippen molar-refractivity contribution in [2.75, 3.05) is 19.8 Å². The third kappa shape index (κ3) is 43.4. The number of carbonyl (C=O) groups is 1. The summed E-state index contributed by atoms with van der Waals surface area (Å²) < 4.78 is 4.64. The van der Waals surface area contributed by atoms with Gasteiger partial charge in [-0.1, -0.05) is 13.3 Å². The third-order valence-electron chi connectivity index (χ3n) is 0.903. The maximum Gasteiger partial charge on any atom is 0.302 e. The molecular formula is C10H22O4. The molecule has 0 heterocycles. The average Bonchev–Trinajstić information content (AvgIpc) is 2.21. The lowest BCUT2D eigenvalue weighted by Crippen LogP contribution is -1.99. The van der Waals surface area contributed by atoms with Crippen LogP contribution in [0.5, 0.6) is 0 Å². The van der Waals surface area contributed by atoms with Crippen LogP contribution in [0.2, 0.25) is 0 Å². The normalized spacial score (nSPS) is 7.43. The highest BCUT2D eigenvalue weighted by atomic mass is 16.5. The summed E-state index contributed by atoms with van der Waals surface area (Å²) in [5, 5.41) is 15.2. The van der Waals surface area contributed by atoms with Crippen molar-refractivity contribution in [1.29, 1.82) is 0 Å². The van der Waals surface area contributed by atoms with Crippen LogP contribution < -0.4 is 0 Å². The number of aliphatic hydroxyl groups is 2. The molecule has 0 fully saturated rings. The van der Waals surface area contributed by atoms with E-state index in [0.29, 0.717) is 6.61 Å². The molecule has 0 aromatic carbocycles. The molecule has 0 saturated carbocycles. The molecule has 0 aliphatic carbocycles. The van der Waals surface area contributed by atoms with Crippen molar-refractivity contribution in [2.45, 2.75) is 26.7 Å². The minimum absolute atomic E-state index is 0.125. The maximum absolute atomic E-state index is 10.1. The second kappa shape index (κ2) is 22.7. The average molecular weight is 206 g/mol. The second-order valence-corrected chi connectivity index (χ2v) is 2.14. The third-order valence-corrected chi connectivity index (χ3v) is 0.903. The van der Waals surface area contributed by atoms with Gasteiger partial charge in [-0.25, -0.2) is 0 Å². The van der Waals surface area contributed by atoms with Crippen LogP contribution in [0.3, 0.4) is 0 Å². The van der Waals surface area contributed by atoms with Gasteiger partial charge in [-0.2, -0.15) is 0 Å². The quantitative estimate of drug-likeness (QED) is 0.411. The first-order valence-electron chi connectivity index (χ1n) is 4.54. The molecule has 0 aliphatic rings. The molecule has 4 heteroatoms. The minimum atomic E-state index is -0.182. The molecule has 86 valence electrons. The fourth-order valence-corrected chi connectivity index (χ4v) is 0.360. The van der Waals surface area contributed by atoms with E-state index in [1.54, 1.807) is 0 Å². The Morgan fingerprint density at radius 2 is 1.71 bits per heavy atom. The van der Waals surface area contributed by atoms with Crippen molar-refractivity contribution in [3.8, 4) is 0 Å². The number of ether oxygens (including phenoxy) is 1. The monoisotopic (exact) mass is 206 g/mol. The van der Waals surface area contributed by atoms with Crippen molar-refractivity contribution in [2.24, 2.45) is 0 Å². The van der Waals surface area contributed by atoms with E-state index in [1.165, 1.54) is 6.92 Å². The molecule has 0 aromatic rings. The number of hydrogen-bond donors (Lipinski definition) is 2. The summed E-state index contributed by atoms with van der Waals surface area (Å²) in [6.45, 7) is 9.81. The Morgan fingerprint density at radius 3 is 1.93 bits per heavy atom. The smallest absolute Gasteiger partial charge is 0.302 e. The van der Waals surface area contributed by atoms with Gasteiger partial charge in [-0.15, -0.1) is 13.2 Å². The lowest BCUT2D eigenvalue weighted by atomic mass is 10.4. The molecule has 0 bridgehead atoms. The Morgan fingerprint density at radius 1 is 1.29 bits per heavy atom. The fraction of sp³-hybridized carbons (Fsp3) is 0.700. The van der Waals surface area contributed by atoms with Gasteiger partial charge in [0.2, 0.25) is 0 Å². The van der Waals surface area contributed by atoms with Crippen LogP contribution in [0, 0.1) is 0 Å². The minimum Gasteiger partial charge on any atom is -0.466 e. The molecule has 0 saturated heterocycles. The van der Waals surface area contributed by atoms with E-state index in [0.717, 1.165) is 12.8 Å². The summed E-state index contributed by atoms with van der Waals surface area (Å²) in [7, 11) is 0. The zero-order chi connectivity index (χ0) is 11.8. The lowest BCUT2D eigenvalue weighted by Gasteiger charge is -1.96. The molecule has 2 N–H and O–H groups in total. The van der Waals surface area contributed by atoms with E-state index in [2.05, 4.69) is 24.8 Å². The van der Waals surface area contributed by atoms with Crippen molar-refractivity contribution < 1.29 is 19.7 Å². The number of unbranched alkanes of at least 4 members (excludes halogenated alkanes) is 1. The molecule has 0 spiro atoms. The topological polar surface area (TPSA) is 66.8 Å². The summed E-state index contributed by atoms with van der Waals surface area (Å²) in [6, 6.07) is 0. The maximum atomic E-state index is 10.1. The zero-order valence-corrected chi connectivity index (χ0v) is 9.16. The molecule has 0 radical (unpaired) electrons. The molecule has 0 atom stereocenters. The predicted octanol–water partition coefficient (Wildman–Crippen LogP) is 1.12. The van der Waals surface area contributed by atoms with E-state index in [4.69, 9.17) is 10.2 Å². The zero-order valence-electron chi connectivity index (χ0n) is 9.16. The van der Waals surface area contributed by atoms with E-state index >= 15 is 0 Å². The molecule has 0 amide bonds. The highest BCUT2D eigenvalue weighted by Crippen LogP contribution is 1.86. The van der Waals surface area contributed by atoms with E-state index in [-0.39, 0.29) is 19.2 Å². The molecule has 0 aliphatic heterocycles. The first kappa shape index (κ1) is 18.8. The van der Waals surface area contributed by atoms with E-state index in [9.17, 15) is 4.79 Å². The Bertz CT molecular complexity index is 102. The number of esters is 1.